The Bertz CT molecular complexity index is 1220. The van der Waals surface area contributed by atoms with E-state index < -0.39 is 5.41 Å². The highest BCUT2D eigenvalue weighted by Gasteiger charge is 2.61. The molecule has 0 aromatic heterocycles. The van der Waals surface area contributed by atoms with Gasteiger partial charge in [0.05, 0.1) is 0 Å². The van der Waals surface area contributed by atoms with Gasteiger partial charge in [-0.15, -0.1) is 0 Å². The Morgan fingerprint density at radius 2 is 1.38 bits per heavy atom. The molecular formula is C27H24N2O3. The number of rotatable bonds is 1. The number of nitrogens with zero attached hydrogens (tertiary/aromatic N) is 1. The average molecular weight is 425 g/mol. The van der Waals surface area contributed by atoms with Crippen molar-refractivity contribution in [1.82, 2.24) is 0 Å². The highest BCUT2D eigenvalue weighted by molar-refractivity contribution is 6.24. The first-order chi connectivity index (χ1) is 15.5. The summed E-state index contributed by atoms with van der Waals surface area (Å²) >= 11 is 0. The van der Waals surface area contributed by atoms with Gasteiger partial charge in [-0.3, -0.25) is 14.4 Å². The number of hydrogen-bond acceptors (Lipinski definition) is 4. The lowest BCUT2D eigenvalue weighted by atomic mass is 9.60. The van der Waals surface area contributed by atoms with Crippen molar-refractivity contribution in [2.45, 2.75) is 50.9 Å². The molecule has 0 saturated heterocycles. The maximum Gasteiger partial charge on any atom is 0.244 e. The van der Waals surface area contributed by atoms with Crippen LogP contribution in [0.15, 0.2) is 71.1 Å². The van der Waals surface area contributed by atoms with Gasteiger partial charge in [0, 0.05) is 52.3 Å². The number of fused-ring (bicyclic) bond motifs is 4. The maximum atomic E-state index is 13.8. The van der Waals surface area contributed by atoms with Crippen molar-refractivity contribution in [1.29, 1.82) is 0 Å². The first kappa shape index (κ1) is 19.2. The van der Waals surface area contributed by atoms with Gasteiger partial charge in [-0.05, 0) is 50.8 Å². The standard InChI is InChI=1S/C27H24N2O3/c1-16-12-14-17(15-13-16)29-20-8-4-10-22(30)24(20)27(25-21(29)9-5-11-23(25)31)18-6-2-3-7-19(18)28-26(27)32/h2-3,6-7,12-15H,4-5,8-11H2,1H3,(H,28,32). The Balaban J connectivity index is 1.73. The van der Waals surface area contributed by atoms with Crippen molar-refractivity contribution in [2.75, 3.05) is 10.2 Å². The summed E-state index contributed by atoms with van der Waals surface area (Å²) < 4.78 is 0. The van der Waals surface area contributed by atoms with E-state index >= 15 is 0 Å². The number of ketones is 2. The summed E-state index contributed by atoms with van der Waals surface area (Å²) in [5.41, 5.74) is 4.95. The topological polar surface area (TPSA) is 66.5 Å². The van der Waals surface area contributed by atoms with Crippen molar-refractivity contribution in [2.24, 2.45) is 0 Å². The number of Topliss-reactive ketones (excluding diaryl/α,β-unsaturated/α-hetero) is 2. The number of anilines is 2. The van der Waals surface area contributed by atoms with Crippen LogP contribution >= 0.6 is 0 Å². The number of para-hydroxylation sites is 1. The molecule has 4 aliphatic rings. The monoisotopic (exact) mass is 424 g/mol. The number of carbonyl (C=O) groups excluding carboxylic acids is 3. The largest absolute Gasteiger partial charge is 0.324 e. The lowest BCUT2D eigenvalue weighted by Gasteiger charge is -2.47. The van der Waals surface area contributed by atoms with E-state index in [0.717, 1.165) is 41.1 Å². The van der Waals surface area contributed by atoms with Crippen LogP contribution in [0.1, 0.15) is 49.7 Å². The van der Waals surface area contributed by atoms with Gasteiger partial charge in [0.25, 0.3) is 0 Å². The van der Waals surface area contributed by atoms with E-state index in [1.165, 1.54) is 0 Å². The molecule has 5 heteroatoms. The molecule has 32 heavy (non-hydrogen) atoms. The number of benzene rings is 2. The molecular weight excluding hydrogens is 400 g/mol. The van der Waals surface area contributed by atoms with Crippen LogP contribution in [0.5, 0.6) is 0 Å². The molecule has 0 bridgehead atoms. The van der Waals surface area contributed by atoms with E-state index in [9.17, 15) is 14.4 Å². The predicted molar refractivity (Wildman–Crippen MR) is 122 cm³/mol. The maximum absolute atomic E-state index is 13.8. The van der Waals surface area contributed by atoms with Crippen molar-refractivity contribution in [3.63, 3.8) is 0 Å². The summed E-state index contributed by atoms with van der Waals surface area (Å²) in [7, 11) is 0. The molecule has 0 fully saturated rings. The highest BCUT2D eigenvalue weighted by atomic mass is 16.2. The summed E-state index contributed by atoms with van der Waals surface area (Å²) in [6.07, 6.45) is 3.70. The molecule has 1 spiro atoms. The third-order valence-corrected chi connectivity index (χ3v) is 7.27. The minimum absolute atomic E-state index is 0.0276. The van der Waals surface area contributed by atoms with Gasteiger partial charge in [-0.25, -0.2) is 0 Å². The minimum atomic E-state index is -1.34. The third kappa shape index (κ3) is 2.36. The molecule has 0 unspecified atom stereocenters. The average Bonchev–Trinajstić information content (AvgIpc) is 3.07. The van der Waals surface area contributed by atoms with Gasteiger partial charge in [-0.2, -0.15) is 0 Å². The van der Waals surface area contributed by atoms with Crippen molar-refractivity contribution < 1.29 is 14.4 Å². The molecule has 160 valence electrons. The van der Waals surface area contributed by atoms with E-state index in [2.05, 4.69) is 10.2 Å². The molecule has 0 atom stereocenters. The lowest BCUT2D eigenvalue weighted by molar-refractivity contribution is -0.125. The Morgan fingerprint density at radius 3 is 2.00 bits per heavy atom. The van der Waals surface area contributed by atoms with Crippen LogP contribution in [-0.4, -0.2) is 17.5 Å². The zero-order valence-corrected chi connectivity index (χ0v) is 18.0. The summed E-state index contributed by atoms with van der Waals surface area (Å²) in [6.45, 7) is 2.04. The number of allylic oxidation sites excluding steroid dienone is 2. The summed E-state index contributed by atoms with van der Waals surface area (Å²) in [4.78, 5) is 43.0. The van der Waals surface area contributed by atoms with Crippen molar-refractivity contribution >= 4 is 28.8 Å². The molecule has 1 amide bonds. The number of hydrogen-bond donors (Lipinski definition) is 1. The molecule has 5 nitrogen and oxygen atoms in total. The molecule has 2 aromatic rings. The molecule has 6 rings (SSSR count). The van der Waals surface area contributed by atoms with E-state index in [-0.39, 0.29) is 17.5 Å². The molecule has 0 radical (unpaired) electrons. The van der Waals surface area contributed by atoms with Gasteiger partial charge in [0.15, 0.2) is 11.6 Å². The highest BCUT2D eigenvalue weighted by Crippen LogP contribution is 2.57. The number of carbonyl (C=O) groups is 3. The van der Waals surface area contributed by atoms with E-state index in [0.29, 0.717) is 42.5 Å². The fourth-order valence-electron chi connectivity index (χ4n) is 6.00. The van der Waals surface area contributed by atoms with Gasteiger partial charge in [0.1, 0.15) is 5.41 Å². The van der Waals surface area contributed by atoms with E-state index in [4.69, 9.17) is 0 Å². The number of aryl methyl sites for hydroxylation is 1. The molecule has 2 aromatic carbocycles. The zero-order chi connectivity index (χ0) is 22.0. The summed E-state index contributed by atoms with van der Waals surface area (Å²) in [5.74, 6) is -0.326. The Kier molecular flexibility index (Phi) is 4.06. The second-order valence-corrected chi connectivity index (χ2v) is 9.12. The number of nitrogens with one attached hydrogen (secondary N) is 1. The summed E-state index contributed by atoms with van der Waals surface area (Å²) in [5, 5.41) is 3.00. The first-order valence-corrected chi connectivity index (χ1v) is 11.3. The van der Waals surface area contributed by atoms with Gasteiger partial charge < -0.3 is 10.2 Å². The van der Waals surface area contributed by atoms with Crippen LogP contribution in [0.4, 0.5) is 11.4 Å². The van der Waals surface area contributed by atoms with Crippen LogP contribution in [0, 0.1) is 6.92 Å². The Hall–Kier alpha value is -3.47. The Morgan fingerprint density at radius 1 is 0.781 bits per heavy atom. The van der Waals surface area contributed by atoms with Gasteiger partial charge in [-0.1, -0.05) is 35.9 Å². The number of amides is 1. The van der Waals surface area contributed by atoms with Gasteiger partial charge in [0.2, 0.25) is 5.91 Å². The predicted octanol–water partition coefficient (Wildman–Crippen LogP) is 4.72. The second-order valence-electron chi connectivity index (χ2n) is 9.12. The van der Waals surface area contributed by atoms with Crippen LogP contribution in [0.3, 0.4) is 0 Å². The molecule has 0 saturated carbocycles. The quantitative estimate of drug-likeness (QED) is 0.719. The molecule has 2 aliphatic heterocycles. The summed E-state index contributed by atoms with van der Waals surface area (Å²) in [6, 6.07) is 15.7. The molecule has 2 aliphatic carbocycles. The lowest BCUT2D eigenvalue weighted by Crippen LogP contribution is -2.52. The van der Waals surface area contributed by atoms with Crippen molar-refractivity contribution in [3.8, 4) is 0 Å². The molecule has 1 N–H and O–H groups in total. The fraction of sp³-hybridized carbons (Fsp3) is 0.296. The smallest absolute Gasteiger partial charge is 0.244 e. The molecule has 2 heterocycles. The normalized spacial score (nSPS) is 21.5. The second kappa shape index (κ2) is 6.76. The van der Waals surface area contributed by atoms with Crippen LogP contribution < -0.4 is 10.2 Å². The van der Waals surface area contributed by atoms with Crippen LogP contribution in [0.2, 0.25) is 0 Å². The Labute approximate surface area is 186 Å². The van der Waals surface area contributed by atoms with Crippen LogP contribution in [-0.2, 0) is 19.8 Å². The van der Waals surface area contributed by atoms with E-state index in [1.807, 2.05) is 55.5 Å². The first-order valence-electron chi connectivity index (χ1n) is 11.3. The van der Waals surface area contributed by atoms with Gasteiger partial charge >= 0.3 is 0 Å². The SMILES string of the molecule is Cc1ccc(N2C3=C(C(=O)CCC3)C3(C(=O)Nc4ccccc43)C3=C2CCCC3=O)cc1. The fourth-order valence-corrected chi connectivity index (χ4v) is 6.00. The van der Waals surface area contributed by atoms with Crippen molar-refractivity contribution in [3.05, 3.63) is 82.2 Å². The van der Waals surface area contributed by atoms with E-state index in [1.54, 1.807) is 0 Å². The third-order valence-electron chi connectivity index (χ3n) is 7.27. The van der Waals surface area contributed by atoms with Crippen LogP contribution in [0.25, 0.3) is 0 Å². The zero-order valence-electron chi connectivity index (χ0n) is 18.0. The minimum Gasteiger partial charge on any atom is -0.324 e.